The summed E-state index contributed by atoms with van der Waals surface area (Å²) in [6.07, 6.45) is 5.69. The topological polar surface area (TPSA) is 73.7 Å². The van der Waals surface area contributed by atoms with Crippen molar-refractivity contribution in [2.45, 2.75) is 64.0 Å². The van der Waals surface area contributed by atoms with Crippen LogP contribution in [-0.4, -0.2) is 41.9 Å². The summed E-state index contributed by atoms with van der Waals surface area (Å²) in [5.41, 5.74) is 5.21. The Morgan fingerprint density at radius 2 is 1.83 bits per heavy atom. The van der Waals surface area contributed by atoms with E-state index < -0.39 is 0 Å². The number of imidazole rings is 1. The van der Waals surface area contributed by atoms with Crippen LogP contribution in [0.2, 0.25) is 0 Å². The molecule has 5 rings (SSSR count). The largest absolute Gasteiger partial charge is 0.469 e. The SMILES string of the molecule is COC(=O)[C@H]1CCC[C@H](n2c(Cc3ccccc3)nc3c4c(ccc32)N(C(=O)OC)[C@@H](C)CC4)C1. The molecule has 0 unspecified atom stereocenters. The van der Waals surface area contributed by atoms with Crippen LogP contribution < -0.4 is 4.90 Å². The maximum absolute atomic E-state index is 12.6. The number of hydrogen-bond acceptors (Lipinski definition) is 5. The van der Waals surface area contributed by atoms with E-state index in [4.69, 9.17) is 14.5 Å². The Morgan fingerprint density at radius 1 is 1.03 bits per heavy atom. The molecule has 2 heterocycles. The minimum absolute atomic E-state index is 0.0671. The average molecular weight is 476 g/mol. The van der Waals surface area contributed by atoms with Gasteiger partial charge >= 0.3 is 12.1 Å². The van der Waals surface area contributed by atoms with Crippen molar-refractivity contribution in [1.29, 1.82) is 0 Å². The summed E-state index contributed by atoms with van der Waals surface area (Å²) in [7, 11) is 2.90. The van der Waals surface area contributed by atoms with Crippen molar-refractivity contribution < 1.29 is 19.1 Å². The van der Waals surface area contributed by atoms with E-state index in [1.807, 2.05) is 24.3 Å². The predicted octanol–water partition coefficient (Wildman–Crippen LogP) is 5.44. The van der Waals surface area contributed by atoms with E-state index in [0.29, 0.717) is 6.42 Å². The first-order valence-corrected chi connectivity index (χ1v) is 12.5. The normalized spacial score (nSPS) is 22.0. The maximum Gasteiger partial charge on any atom is 0.414 e. The number of nitrogens with zero attached hydrogens (tertiary/aromatic N) is 3. The molecule has 2 aromatic carbocycles. The molecule has 1 saturated carbocycles. The molecule has 3 aromatic rings. The number of ether oxygens (including phenoxy) is 2. The van der Waals surface area contributed by atoms with Crippen LogP contribution >= 0.6 is 0 Å². The van der Waals surface area contributed by atoms with Gasteiger partial charge in [-0.1, -0.05) is 36.8 Å². The molecule has 7 nitrogen and oxygen atoms in total. The van der Waals surface area contributed by atoms with E-state index in [1.165, 1.54) is 19.8 Å². The monoisotopic (exact) mass is 475 g/mol. The second-order valence-electron chi connectivity index (χ2n) is 9.76. The molecule has 0 bridgehead atoms. The first-order valence-electron chi connectivity index (χ1n) is 12.5. The molecule has 1 aromatic heterocycles. The number of benzene rings is 2. The lowest BCUT2D eigenvalue weighted by Crippen LogP contribution is -2.42. The van der Waals surface area contributed by atoms with Gasteiger partial charge in [0.2, 0.25) is 0 Å². The Balaban J connectivity index is 1.64. The van der Waals surface area contributed by atoms with Crippen molar-refractivity contribution in [2.75, 3.05) is 19.1 Å². The molecule has 184 valence electrons. The standard InChI is InChI=1S/C28H33N3O4/c1-18-12-13-22-23(30(18)28(33)35-3)14-15-24-26(22)29-25(16-19-8-5-4-6-9-19)31(24)21-11-7-10-20(17-21)27(32)34-2/h4-6,8-9,14-15,18,20-21H,7,10-13,16-17H2,1-3H3/t18-,20-,21-/m0/s1. The Kier molecular flexibility index (Phi) is 6.50. The van der Waals surface area contributed by atoms with E-state index >= 15 is 0 Å². The van der Waals surface area contributed by atoms with Crippen LogP contribution in [0, 0.1) is 5.92 Å². The van der Waals surface area contributed by atoms with Gasteiger partial charge in [-0.25, -0.2) is 9.78 Å². The predicted molar refractivity (Wildman–Crippen MR) is 135 cm³/mol. The molecule has 1 fully saturated rings. The number of esters is 1. The fraction of sp³-hybridized carbons (Fsp3) is 0.464. The van der Waals surface area contributed by atoms with E-state index in [9.17, 15) is 9.59 Å². The van der Waals surface area contributed by atoms with E-state index in [1.54, 1.807) is 4.90 Å². The van der Waals surface area contributed by atoms with Gasteiger partial charge < -0.3 is 14.0 Å². The highest BCUT2D eigenvalue weighted by Gasteiger charge is 2.34. The van der Waals surface area contributed by atoms with Gasteiger partial charge in [0.15, 0.2) is 0 Å². The second-order valence-corrected chi connectivity index (χ2v) is 9.76. The lowest BCUT2D eigenvalue weighted by Gasteiger charge is -2.34. The van der Waals surface area contributed by atoms with Gasteiger partial charge in [-0.05, 0) is 56.7 Å². The molecular formula is C28H33N3O4. The molecule has 1 amide bonds. The minimum atomic E-state index is -0.338. The van der Waals surface area contributed by atoms with Gasteiger partial charge in [0.25, 0.3) is 0 Å². The number of carbonyl (C=O) groups is 2. The molecule has 0 N–H and O–H groups in total. The summed E-state index contributed by atoms with van der Waals surface area (Å²) < 4.78 is 12.5. The first-order chi connectivity index (χ1) is 17.0. The Labute approximate surface area is 206 Å². The summed E-state index contributed by atoms with van der Waals surface area (Å²) >= 11 is 0. The quantitative estimate of drug-likeness (QED) is 0.470. The van der Waals surface area contributed by atoms with Gasteiger partial charge in [-0.2, -0.15) is 0 Å². The Hall–Kier alpha value is -3.35. The zero-order valence-electron chi connectivity index (χ0n) is 20.7. The third-order valence-electron chi connectivity index (χ3n) is 7.65. The van der Waals surface area contributed by atoms with Gasteiger partial charge in [0.05, 0.1) is 36.9 Å². The molecule has 0 saturated heterocycles. The molecule has 7 heteroatoms. The van der Waals surface area contributed by atoms with Crippen molar-refractivity contribution in [1.82, 2.24) is 9.55 Å². The Bertz CT molecular complexity index is 1240. The Morgan fingerprint density at radius 3 is 2.57 bits per heavy atom. The van der Waals surface area contributed by atoms with Crippen molar-refractivity contribution in [2.24, 2.45) is 5.92 Å². The number of aryl methyl sites for hydroxylation is 1. The molecule has 3 atom stereocenters. The van der Waals surface area contributed by atoms with Gasteiger partial charge in [-0.3, -0.25) is 9.69 Å². The van der Waals surface area contributed by atoms with Crippen LogP contribution in [0.3, 0.4) is 0 Å². The van der Waals surface area contributed by atoms with Crippen LogP contribution in [0.5, 0.6) is 0 Å². The van der Waals surface area contributed by atoms with Crippen molar-refractivity contribution in [3.63, 3.8) is 0 Å². The highest BCUT2D eigenvalue weighted by molar-refractivity contribution is 5.95. The first kappa shape index (κ1) is 23.4. The average Bonchev–Trinajstić information content (AvgIpc) is 3.26. The lowest BCUT2D eigenvalue weighted by molar-refractivity contribution is -0.147. The second kappa shape index (κ2) is 9.72. The fourth-order valence-corrected chi connectivity index (χ4v) is 5.91. The van der Waals surface area contributed by atoms with Gasteiger partial charge in [-0.15, -0.1) is 0 Å². The summed E-state index contributed by atoms with van der Waals surface area (Å²) in [6.45, 7) is 2.05. The van der Waals surface area contributed by atoms with Crippen LogP contribution in [0.1, 0.15) is 62.0 Å². The lowest BCUT2D eigenvalue weighted by atomic mass is 9.85. The molecule has 0 spiro atoms. The highest BCUT2D eigenvalue weighted by Crippen LogP contribution is 2.41. The van der Waals surface area contributed by atoms with Crippen LogP contribution in [0.4, 0.5) is 10.5 Å². The van der Waals surface area contributed by atoms with Crippen molar-refractivity contribution in [3.05, 3.63) is 59.4 Å². The summed E-state index contributed by atoms with van der Waals surface area (Å²) in [6, 6.07) is 14.7. The van der Waals surface area contributed by atoms with E-state index in [0.717, 1.165) is 66.6 Å². The smallest absolute Gasteiger partial charge is 0.414 e. The zero-order valence-corrected chi connectivity index (χ0v) is 20.7. The number of amides is 1. The summed E-state index contributed by atoms with van der Waals surface area (Å²) in [5, 5.41) is 0. The van der Waals surface area contributed by atoms with Gasteiger partial charge in [0.1, 0.15) is 5.82 Å². The third kappa shape index (κ3) is 4.28. The molecule has 1 aliphatic heterocycles. The molecule has 0 radical (unpaired) electrons. The summed E-state index contributed by atoms with van der Waals surface area (Å²) in [5.74, 6) is 0.788. The zero-order chi connectivity index (χ0) is 24.5. The molecule has 1 aliphatic carbocycles. The number of methoxy groups -OCH3 is 2. The van der Waals surface area contributed by atoms with Crippen LogP contribution in [-0.2, 0) is 27.1 Å². The van der Waals surface area contributed by atoms with E-state index in [-0.39, 0.29) is 30.1 Å². The third-order valence-corrected chi connectivity index (χ3v) is 7.65. The number of rotatable bonds is 4. The number of aromatic nitrogens is 2. The summed E-state index contributed by atoms with van der Waals surface area (Å²) in [4.78, 5) is 31.9. The molecular weight excluding hydrogens is 442 g/mol. The molecule has 35 heavy (non-hydrogen) atoms. The van der Waals surface area contributed by atoms with Crippen LogP contribution in [0.15, 0.2) is 42.5 Å². The number of hydrogen-bond donors (Lipinski definition) is 0. The van der Waals surface area contributed by atoms with E-state index in [2.05, 4.69) is 29.7 Å². The molecule has 2 aliphatic rings. The number of anilines is 1. The highest BCUT2D eigenvalue weighted by atomic mass is 16.5. The number of carbonyl (C=O) groups excluding carboxylic acids is 2. The number of fused-ring (bicyclic) bond motifs is 3. The van der Waals surface area contributed by atoms with Gasteiger partial charge in [0, 0.05) is 24.1 Å². The van der Waals surface area contributed by atoms with Crippen LogP contribution in [0.25, 0.3) is 11.0 Å². The minimum Gasteiger partial charge on any atom is -0.469 e. The van der Waals surface area contributed by atoms with Crippen molar-refractivity contribution >= 4 is 28.8 Å². The van der Waals surface area contributed by atoms with Crippen molar-refractivity contribution in [3.8, 4) is 0 Å². The fourth-order valence-electron chi connectivity index (χ4n) is 5.91. The maximum atomic E-state index is 12.6.